The fourth-order valence-electron chi connectivity index (χ4n) is 2.94. The molecule has 1 amide bonds. The monoisotopic (exact) mass is 440 g/mol. The van der Waals surface area contributed by atoms with E-state index in [9.17, 15) is 21.6 Å². The SMILES string of the molecule is COc1cc2c(cc1OC)S(=O)(=O)N(Cc1cccc(S(=O)(=O)N(C)C)c1)C2=O. The van der Waals surface area contributed by atoms with Gasteiger partial charge in [-0.05, 0) is 23.8 Å². The third-order valence-electron chi connectivity index (χ3n) is 4.51. The normalized spacial score (nSPS) is 15.5. The summed E-state index contributed by atoms with van der Waals surface area (Å²) >= 11 is 0. The molecule has 0 saturated heterocycles. The third-order valence-corrected chi connectivity index (χ3v) is 8.09. The van der Waals surface area contributed by atoms with E-state index in [1.54, 1.807) is 6.07 Å². The standard InChI is InChI=1S/C18H20N2O7S2/c1-19(2)28(22,23)13-7-5-6-12(8-13)11-20-18(21)14-9-15(26-3)16(27-4)10-17(14)29(20,24)25/h5-10H,11H2,1-4H3. The Hall–Kier alpha value is -2.63. The molecule has 2 aromatic rings. The molecule has 0 spiro atoms. The summed E-state index contributed by atoms with van der Waals surface area (Å²) < 4.78 is 62.6. The van der Waals surface area contributed by atoms with Crippen molar-refractivity contribution >= 4 is 26.0 Å². The Balaban J connectivity index is 2.03. The van der Waals surface area contributed by atoms with E-state index in [0.29, 0.717) is 9.87 Å². The predicted octanol–water partition coefficient (Wildman–Crippen LogP) is 1.30. The summed E-state index contributed by atoms with van der Waals surface area (Å²) in [4.78, 5) is 12.6. The summed E-state index contributed by atoms with van der Waals surface area (Å²) in [6, 6.07) is 8.38. The van der Waals surface area contributed by atoms with Gasteiger partial charge in [-0.15, -0.1) is 0 Å². The van der Waals surface area contributed by atoms with Gasteiger partial charge in [-0.3, -0.25) is 4.79 Å². The number of carbonyl (C=O) groups is 1. The zero-order chi connectivity index (χ0) is 21.6. The Labute approximate surface area is 169 Å². The second-order valence-corrected chi connectivity index (χ2v) is 10.4. The second-order valence-electron chi connectivity index (χ2n) is 6.46. The largest absolute Gasteiger partial charge is 0.493 e. The molecule has 0 unspecified atom stereocenters. The number of amides is 1. The summed E-state index contributed by atoms with van der Waals surface area (Å²) in [7, 11) is -2.29. The van der Waals surface area contributed by atoms with Gasteiger partial charge in [0.25, 0.3) is 15.9 Å². The van der Waals surface area contributed by atoms with E-state index in [1.807, 2.05) is 0 Å². The van der Waals surface area contributed by atoms with Crippen LogP contribution in [-0.2, 0) is 26.6 Å². The second kappa shape index (κ2) is 7.32. The number of carbonyl (C=O) groups excluding carboxylic acids is 1. The summed E-state index contributed by atoms with van der Waals surface area (Å²) in [5.41, 5.74) is 0.330. The molecule has 3 rings (SSSR count). The lowest BCUT2D eigenvalue weighted by molar-refractivity contribution is 0.0864. The molecule has 0 radical (unpaired) electrons. The minimum absolute atomic E-state index is 0.00453. The van der Waals surface area contributed by atoms with Crippen molar-refractivity contribution in [1.29, 1.82) is 0 Å². The Morgan fingerprint density at radius 3 is 2.24 bits per heavy atom. The smallest absolute Gasteiger partial charge is 0.269 e. The van der Waals surface area contributed by atoms with Crippen LogP contribution in [0.15, 0.2) is 46.2 Å². The van der Waals surface area contributed by atoms with E-state index in [4.69, 9.17) is 9.47 Å². The molecule has 0 fully saturated rings. The van der Waals surface area contributed by atoms with Crippen molar-refractivity contribution in [1.82, 2.24) is 8.61 Å². The van der Waals surface area contributed by atoms with Crippen LogP contribution in [0.1, 0.15) is 15.9 Å². The molecule has 2 aromatic carbocycles. The van der Waals surface area contributed by atoms with Crippen molar-refractivity contribution in [3.63, 3.8) is 0 Å². The Kier molecular flexibility index (Phi) is 5.32. The first kappa shape index (κ1) is 21.1. The molecule has 156 valence electrons. The maximum atomic E-state index is 12.9. The van der Waals surface area contributed by atoms with Crippen LogP contribution in [0.4, 0.5) is 0 Å². The highest BCUT2D eigenvalue weighted by Gasteiger charge is 2.42. The van der Waals surface area contributed by atoms with Crippen LogP contribution in [-0.4, -0.2) is 59.7 Å². The van der Waals surface area contributed by atoms with E-state index >= 15 is 0 Å². The van der Waals surface area contributed by atoms with E-state index in [2.05, 4.69) is 0 Å². The molecule has 0 aromatic heterocycles. The Morgan fingerprint density at radius 2 is 1.66 bits per heavy atom. The number of benzene rings is 2. The number of methoxy groups -OCH3 is 2. The van der Waals surface area contributed by atoms with Gasteiger partial charge in [0.15, 0.2) is 11.5 Å². The highest BCUT2D eigenvalue weighted by Crippen LogP contribution is 2.39. The molecular weight excluding hydrogens is 420 g/mol. The summed E-state index contributed by atoms with van der Waals surface area (Å²) in [5, 5.41) is 0. The van der Waals surface area contributed by atoms with Crippen LogP contribution in [0.3, 0.4) is 0 Å². The maximum absolute atomic E-state index is 12.9. The zero-order valence-corrected chi connectivity index (χ0v) is 17.9. The zero-order valence-electron chi connectivity index (χ0n) is 16.2. The summed E-state index contributed by atoms with van der Waals surface area (Å²) in [6.45, 7) is -0.308. The average molecular weight is 440 g/mol. The van der Waals surface area contributed by atoms with Crippen LogP contribution in [0, 0.1) is 0 Å². The van der Waals surface area contributed by atoms with E-state index in [-0.39, 0.29) is 33.4 Å². The number of hydrogen-bond donors (Lipinski definition) is 0. The lowest BCUT2D eigenvalue weighted by Gasteiger charge is -2.16. The lowest BCUT2D eigenvalue weighted by atomic mass is 10.1. The van der Waals surface area contributed by atoms with Crippen molar-refractivity contribution in [2.45, 2.75) is 16.3 Å². The molecule has 1 aliphatic rings. The maximum Gasteiger partial charge on any atom is 0.269 e. The number of rotatable bonds is 6. The molecule has 0 atom stereocenters. The van der Waals surface area contributed by atoms with E-state index < -0.39 is 26.0 Å². The first-order valence-corrected chi connectivity index (χ1v) is 11.3. The topological polar surface area (TPSA) is 110 Å². The average Bonchev–Trinajstić information content (AvgIpc) is 2.87. The van der Waals surface area contributed by atoms with Gasteiger partial charge in [0, 0.05) is 20.2 Å². The van der Waals surface area contributed by atoms with Gasteiger partial charge < -0.3 is 9.47 Å². The fourth-order valence-corrected chi connectivity index (χ4v) is 5.47. The minimum atomic E-state index is -4.13. The van der Waals surface area contributed by atoms with E-state index in [1.165, 1.54) is 58.6 Å². The molecule has 0 saturated carbocycles. The minimum Gasteiger partial charge on any atom is -0.493 e. The van der Waals surface area contributed by atoms with Crippen LogP contribution in [0.2, 0.25) is 0 Å². The summed E-state index contributed by atoms with van der Waals surface area (Å²) in [5.74, 6) is -0.305. The first-order chi connectivity index (χ1) is 13.5. The molecule has 1 aliphatic heterocycles. The molecule has 0 bridgehead atoms. The van der Waals surface area contributed by atoms with Crippen LogP contribution in [0.25, 0.3) is 0 Å². The van der Waals surface area contributed by atoms with Crippen LogP contribution >= 0.6 is 0 Å². The van der Waals surface area contributed by atoms with Gasteiger partial charge in [-0.25, -0.2) is 25.4 Å². The number of ether oxygens (including phenoxy) is 2. The highest BCUT2D eigenvalue weighted by molar-refractivity contribution is 7.90. The van der Waals surface area contributed by atoms with Gasteiger partial charge >= 0.3 is 0 Å². The van der Waals surface area contributed by atoms with Gasteiger partial charge in [-0.1, -0.05) is 12.1 Å². The molecular formula is C18H20N2O7S2. The Bertz CT molecular complexity index is 1190. The van der Waals surface area contributed by atoms with E-state index in [0.717, 1.165) is 4.31 Å². The van der Waals surface area contributed by atoms with Crippen molar-refractivity contribution < 1.29 is 31.1 Å². The van der Waals surface area contributed by atoms with Crippen molar-refractivity contribution in [2.24, 2.45) is 0 Å². The number of fused-ring (bicyclic) bond motifs is 1. The molecule has 11 heteroatoms. The van der Waals surface area contributed by atoms with Gasteiger partial charge in [0.1, 0.15) is 4.90 Å². The van der Waals surface area contributed by atoms with Crippen LogP contribution < -0.4 is 9.47 Å². The number of sulfonamides is 2. The van der Waals surface area contributed by atoms with Crippen molar-refractivity contribution in [2.75, 3.05) is 28.3 Å². The number of hydrogen-bond acceptors (Lipinski definition) is 7. The molecule has 9 nitrogen and oxygen atoms in total. The number of nitrogens with zero attached hydrogens (tertiary/aromatic N) is 2. The molecule has 0 N–H and O–H groups in total. The van der Waals surface area contributed by atoms with Crippen molar-refractivity contribution in [3.05, 3.63) is 47.5 Å². The molecule has 29 heavy (non-hydrogen) atoms. The fraction of sp³-hybridized carbons (Fsp3) is 0.278. The van der Waals surface area contributed by atoms with Gasteiger partial charge in [0.2, 0.25) is 10.0 Å². The lowest BCUT2D eigenvalue weighted by Crippen LogP contribution is -2.29. The molecule has 0 aliphatic carbocycles. The molecule has 1 heterocycles. The predicted molar refractivity (Wildman–Crippen MR) is 104 cm³/mol. The van der Waals surface area contributed by atoms with Crippen LogP contribution in [0.5, 0.6) is 11.5 Å². The third kappa shape index (κ3) is 3.45. The summed E-state index contributed by atoms with van der Waals surface area (Å²) in [6.07, 6.45) is 0. The quantitative estimate of drug-likeness (QED) is 0.666. The van der Waals surface area contributed by atoms with Crippen molar-refractivity contribution in [3.8, 4) is 11.5 Å². The Morgan fingerprint density at radius 1 is 1.03 bits per heavy atom. The highest BCUT2D eigenvalue weighted by atomic mass is 32.2. The van der Waals surface area contributed by atoms with Gasteiger partial charge in [-0.2, -0.15) is 0 Å². The first-order valence-electron chi connectivity index (χ1n) is 8.38. The van der Waals surface area contributed by atoms with Gasteiger partial charge in [0.05, 0.1) is 31.2 Å².